The Labute approximate surface area is 170 Å². The molecule has 0 radical (unpaired) electrons. The van der Waals surface area contributed by atoms with E-state index in [9.17, 15) is 9.59 Å². The first-order chi connectivity index (χ1) is 13.4. The number of hydrogen-bond donors (Lipinski definition) is 3. The Kier molecular flexibility index (Phi) is 7.95. The zero-order valence-corrected chi connectivity index (χ0v) is 17.1. The van der Waals surface area contributed by atoms with Gasteiger partial charge in [0.05, 0.1) is 6.10 Å². The molecule has 0 saturated heterocycles. The van der Waals surface area contributed by atoms with Crippen molar-refractivity contribution in [2.75, 3.05) is 10.6 Å². The Balaban J connectivity index is 1.87. The molecule has 2 rings (SSSR count). The predicted molar refractivity (Wildman–Crippen MR) is 116 cm³/mol. The summed E-state index contributed by atoms with van der Waals surface area (Å²) < 4.78 is 5.56. The molecule has 0 saturated carbocycles. The van der Waals surface area contributed by atoms with Crippen LogP contribution in [0.1, 0.15) is 44.0 Å². The van der Waals surface area contributed by atoms with Crippen molar-refractivity contribution < 1.29 is 14.3 Å². The molecule has 3 N–H and O–H groups in total. The van der Waals surface area contributed by atoms with Gasteiger partial charge in [0.1, 0.15) is 5.75 Å². The molecule has 2 aromatic rings. The highest BCUT2D eigenvalue weighted by atomic mass is 32.1. The SMILES string of the molecule is CCCC(=O)Nc1ccc(NC(=S)NC(=O)c2ccc(OC(C)C)cc2)cc1. The van der Waals surface area contributed by atoms with Crippen LogP contribution in [-0.4, -0.2) is 23.0 Å². The third kappa shape index (κ3) is 7.00. The zero-order valence-electron chi connectivity index (χ0n) is 16.2. The second-order valence-electron chi connectivity index (χ2n) is 6.47. The van der Waals surface area contributed by atoms with Gasteiger partial charge in [-0.2, -0.15) is 0 Å². The van der Waals surface area contributed by atoms with Gasteiger partial charge in [-0.15, -0.1) is 0 Å². The fraction of sp³-hybridized carbons (Fsp3) is 0.286. The maximum absolute atomic E-state index is 12.3. The summed E-state index contributed by atoms with van der Waals surface area (Å²) in [5.74, 6) is 0.381. The van der Waals surface area contributed by atoms with Crippen molar-refractivity contribution in [1.82, 2.24) is 5.32 Å². The molecule has 0 atom stereocenters. The second kappa shape index (κ2) is 10.4. The molecule has 0 aliphatic heterocycles. The number of carbonyl (C=O) groups is 2. The summed E-state index contributed by atoms with van der Waals surface area (Å²) in [6, 6.07) is 14.0. The predicted octanol–water partition coefficient (Wildman–Crippen LogP) is 4.34. The van der Waals surface area contributed by atoms with Crippen molar-refractivity contribution in [3.05, 3.63) is 54.1 Å². The summed E-state index contributed by atoms with van der Waals surface area (Å²) in [6.45, 7) is 5.84. The molecule has 6 nitrogen and oxygen atoms in total. The molecule has 0 unspecified atom stereocenters. The first-order valence-corrected chi connectivity index (χ1v) is 9.57. The Morgan fingerprint density at radius 2 is 1.54 bits per heavy atom. The van der Waals surface area contributed by atoms with Gasteiger partial charge in [0.2, 0.25) is 5.91 Å². The van der Waals surface area contributed by atoms with Crippen LogP contribution in [0.25, 0.3) is 0 Å². The lowest BCUT2D eigenvalue weighted by molar-refractivity contribution is -0.116. The van der Waals surface area contributed by atoms with E-state index >= 15 is 0 Å². The summed E-state index contributed by atoms with van der Waals surface area (Å²) >= 11 is 5.19. The Hall–Kier alpha value is -2.93. The number of nitrogens with one attached hydrogen (secondary N) is 3. The highest BCUT2D eigenvalue weighted by Crippen LogP contribution is 2.15. The fourth-order valence-corrected chi connectivity index (χ4v) is 2.59. The molecule has 0 heterocycles. The van der Waals surface area contributed by atoms with E-state index in [2.05, 4.69) is 16.0 Å². The number of rotatable bonds is 7. The molecule has 28 heavy (non-hydrogen) atoms. The van der Waals surface area contributed by atoms with Crippen molar-refractivity contribution in [1.29, 1.82) is 0 Å². The summed E-state index contributed by atoms with van der Waals surface area (Å²) in [6.07, 6.45) is 1.36. The van der Waals surface area contributed by atoms with Gasteiger partial charge in [-0.25, -0.2) is 0 Å². The smallest absolute Gasteiger partial charge is 0.257 e. The van der Waals surface area contributed by atoms with Crippen LogP contribution in [0, 0.1) is 0 Å². The molecule has 0 aliphatic carbocycles. The van der Waals surface area contributed by atoms with Crippen LogP contribution >= 0.6 is 12.2 Å². The standard InChI is InChI=1S/C21H25N3O3S/c1-4-5-19(25)22-16-8-10-17(11-9-16)23-21(28)24-20(26)15-6-12-18(13-7-15)27-14(2)3/h6-14H,4-5H2,1-3H3,(H,22,25)(H2,23,24,26,28). The second-order valence-corrected chi connectivity index (χ2v) is 6.88. The number of ether oxygens (including phenoxy) is 1. The molecule has 0 bridgehead atoms. The molecule has 7 heteroatoms. The summed E-state index contributed by atoms with van der Waals surface area (Å²) in [4.78, 5) is 23.9. The number of anilines is 2. The molecular formula is C21H25N3O3S. The van der Waals surface area contributed by atoms with E-state index in [4.69, 9.17) is 17.0 Å². The van der Waals surface area contributed by atoms with E-state index in [0.717, 1.165) is 6.42 Å². The summed E-state index contributed by atoms with van der Waals surface area (Å²) in [5.41, 5.74) is 1.90. The minimum absolute atomic E-state index is 0.0178. The van der Waals surface area contributed by atoms with E-state index in [1.165, 1.54) is 0 Å². The molecule has 148 valence electrons. The minimum Gasteiger partial charge on any atom is -0.491 e. The average Bonchev–Trinajstić information content (AvgIpc) is 2.63. The quantitative estimate of drug-likeness (QED) is 0.604. The van der Waals surface area contributed by atoms with Crippen molar-refractivity contribution in [3.63, 3.8) is 0 Å². The van der Waals surface area contributed by atoms with Crippen molar-refractivity contribution in [3.8, 4) is 5.75 Å². The first kappa shape index (κ1) is 21.4. The molecule has 0 aromatic heterocycles. The van der Waals surface area contributed by atoms with E-state index in [1.54, 1.807) is 48.5 Å². The topological polar surface area (TPSA) is 79.5 Å². The van der Waals surface area contributed by atoms with Gasteiger partial charge in [0.15, 0.2) is 5.11 Å². The van der Waals surface area contributed by atoms with Gasteiger partial charge in [-0.3, -0.25) is 14.9 Å². The lowest BCUT2D eigenvalue weighted by Gasteiger charge is -2.12. The van der Waals surface area contributed by atoms with Crippen LogP contribution in [0.2, 0.25) is 0 Å². The minimum atomic E-state index is -0.308. The third-order valence-electron chi connectivity index (χ3n) is 3.62. The normalized spacial score (nSPS) is 10.3. The van der Waals surface area contributed by atoms with Crippen molar-refractivity contribution in [2.24, 2.45) is 0 Å². The lowest BCUT2D eigenvalue weighted by Crippen LogP contribution is -2.34. The van der Waals surface area contributed by atoms with Crippen molar-refractivity contribution in [2.45, 2.75) is 39.7 Å². The highest BCUT2D eigenvalue weighted by molar-refractivity contribution is 7.80. The molecule has 2 amide bonds. The molecule has 0 aliphatic rings. The number of hydrogen-bond acceptors (Lipinski definition) is 4. The Bertz CT molecular complexity index is 818. The van der Waals surface area contributed by atoms with Crippen LogP contribution in [0.3, 0.4) is 0 Å². The number of carbonyl (C=O) groups excluding carboxylic acids is 2. The highest BCUT2D eigenvalue weighted by Gasteiger charge is 2.09. The summed E-state index contributed by atoms with van der Waals surface area (Å²) in [7, 11) is 0. The van der Waals surface area contributed by atoms with E-state index in [0.29, 0.717) is 29.1 Å². The molecular weight excluding hydrogens is 374 g/mol. The van der Waals surface area contributed by atoms with Crippen LogP contribution < -0.4 is 20.7 Å². The average molecular weight is 400 g/mol. The maximum atomic E-state index is 12.3. The Morgan fingerprint density at radius 1 is 0.964 bits per heavy atom. The molecule has 0 spiro atoms. The zero-order chi connectivity index (χ0) is 20.5. The van der Waals surface area contributed by atoms with E-state index in [-0.39, 0.29) is 23.0 Å². The van der Waals surface area contributed by atoms with E-state index < -0.39 is 0 Å². The van der Waals surface area contributed by atoms with Gasteiger partial charge >= 0.3 is 0 Å². The van der Waals surface area contributed by atoms with Gasteiger partial charge in [0.25, 0.3) is 5.91 Å². The van der Waals surface area contributed by atoms with E-state index in [1.807, 2.05) is 20.8 Å². The molecule has 2 aromatic carbocycles. The Morgan fingerprint density at radius 3 is 2.07 bits per heavy atom. The number of thiocarbonyl (C=S) groups is 1. The third-order valence-corrected chi connectivity index (χ3v) is 3.82. The van der Waals surface area contributed by atoms with Crippen LogP contribution in [0.4, 0.5) is 11.4 Å². The summed E-state index contributed by atoms with van der Waals surface area (Å²) in [5, 5.41) is 8.59. The van der Waals surface area contributed by atoms with Crippen LogP contribution in [0.15, 0.2) is 48.5 Å². The number of benzene rings is 2. The first-order valence-electron chi connectivity index (χ1n) is 9.16. The maximum Gasteiger partial charge on any atom is 0.257 e. The largest absolute Gasteiger partial charge is 0.491 e. The fourth-order valence-electron chi connectivity index (χ4n) is 2.38. The van der Waals surface area contributed by atoms with Crippen LogP contribution in [0.5, 0.6) is 5.75 Å². The van der Waals surface area contributed by atoms with Gasteiger partial charge in [-0.1, -0.05) is 6.92 Å². The van der Waals surface area contributed by atoms with Gasteiger partial charge < -0.3 is 15.4 Å². The number of amides is 2. The van der Waals surface area contributed by atoms with Gasteiger partial charge in [0, 0.05) is 23.4 Å². The lowest BCUT2D eigenvalue weighted by atomic mass is 10.2. The van der Waals surface area contributed by atoms with Crippen LogP contribution in [-0.2, 0) is 4.79 Å². The van der Waals surface area contributed by atoms with Crippen molar-refractivity contribution >= 4 is 40.5 Å². The van der Waals surface area contributed by atoms with Gasteiger partial charge in [-0.05, 0) is 81.0 Å². The monoisotopic (exact) mass is 399 g/mol. The molecule has 0 fully saturated rings.